The van der Waals surface area contributed by atoms with Crippen LogP contribution < -0.4 is 5.32 Å². The third kappa shape index (κ3) is 6.08. The van der Waals surface area contributed by atoms with Gasteiger partial charge in [-0.2, -0.15) is 0 Å². The molecule has 5 nitrogen and oxygen atoms in total. The summed E-state index contributed by atoms with van der Waals surface area (Å²) in [7, 11) is 0. The van der Waals surface area contributed by atoms with Crippen LogP contribution in [0.15, 0.2) is 46.7 Å². The summed E-state index contributed by atoms with van der Waals surface area (Å²) in [6.07, 6.45) is 0. The van der Waals surface area contributed by atoms with Crippen molar-refractivity contribution < 1.29 is 14.3 Å². The second kappa shape index (κ2) is 10.1. The number of ether oxygens (including phenoxy) is 1. The van der Waals surface area contributed by atoms with Gasteiger partial charge in [-0.15, -0.1) is 23.1 Å². The predicted molar refractivity (Wildman–Crippen MR) is 123 cm³/mol. The van der Waals surface area contributed by atoms with E-state index in [-0.39, 0.29) is 6.61 Å². The van der Waals surface area contributed by atoms with E-state index in [0.29, 0.717) is 16.3 Å². The Morgan fingerprint density at radius 1 is 1.17 bits per heavy atom. The number of hydrogen-bond donors (Lipinski definition) is 1. The number of anilines is 1. The fourth-order valence-electron chi connectivity index (χ4n) is 2.78. The lowest BCUT2D eigenvalue weighted by molar-refractivity contribution is -0.119. The van der Waals surface area contributed by atoms with Gasteiger partial charge in [-0.05, 0) is 62.2 Å². The summed E-state index contributed by atoms with van der Waals surface area (Å²) in [6.45, 7) is 5.38. The van der Waals surface area contributed by atoms with Crippen LogP contribution in [0.25, 0.3) is 0 Å². The number of hydrogen-bond acceptors (Lipinski definition) is 6. The molecule has 0 aliphatic heterocycles. The average molecular weight is 461 g/mol. The van der Waals surface area contributed by atoms with Crippen molar-refractivity contribution in [2.24, 2.45) is 0 Å². The number of aromatic nitrogens is 1. The molecule has 0 saturated heterocycles. The summed E-state index contributed by atoms with van der Waals surface area (Å²) in [4.78, 5) is 29.8. The summed E-state index contributed by atoms with van der Waals surface area (Å²) < 4.78 is 5.13. The van der Waals surface area contributed by atoms with E-state index in [1.54, 1.807) is 41.3 Å². The van der Waals surface area contributed by atoms with Gasteiger partial charge in [-0.1, -0.05) is 17.7 Å². The van der Waals surface area contributed by atoms with Crippen LogP contribution in [0.1, 0.15) is 32.2 Å². The predicted octanol–water partition coefficient (Wildman–Crippen LogP) is 5.81. The summed E-state index contributed by atoms with van der Waals surface area (Å²) in [5.74, 6) is -0.221. The molecule has 0 unspecified atom stereocenters. The number of thiazole rings is 1. The van der Waals surface area contributed by atoms with Crippen LogP contribution in [-0.2, 0) is 15.3 Å². The molecule has 30 heavy (non-hydrogen) atoms. The molecule has 0 fully saturated rings. The molecule has 1 aromatic heterocycles. The van der Waals surface area contributed by atoms with Crippen LogP contribution in [-0.4, -0.2) is 23.5 Å². The van der Waals surface area contributed by atoms with Gasteiger partial charge in [0.25, 0.3) is 5.91 Å². The standard InChI is InChI=1S/C22H21ClN2O3S2/c1-13-8-14(2)21(19(23)9-13)25-20(26)10-28-22(27)16-4-6-18(7-5-16)30-12-17-11-29-15(3)24-17/h4-9,11H,10,12H2,1-3H3,(H,25,26). The second-order valence-corrected chi connectivity index (χ2v) is 9.25. The number of halogens is 1. The van der Waals surface area contributed by atoms with E-state index >= 15 is 0 Å². The molecule has 3 rings (SSSR count). The Hall–Kier alpha value is -2.35. The number of carbonyl (C=O) groups is 2. The largest absolute Gasteiger partial charge is 0.452 e. The van der Waals surface area contributed by atoms with Crippen LogP contribution in [0.2, 0.25) is 5.02 Å². The Morgan fingerprint density at radius 3 is 2.53 bits per heavy atom. The van der Waals surface area contributed by atoms with Crippen molar-refractivity contribution in [1.82, 2.24) is 4.98 Å². The minimum Gasteiger partial charge on any atom is -0.452 e. The monoisotopic (exact) mass is 460 g/mol. The van der Waals surface area contributed by atoms with Gasteiger partial charge in [-0.3, -0.25) is 4.79 Å². The molecule has 1 N–H and O–H groups in total. The molecule has 156 valence electrons. The highest BCUT2D eigenvalue weighted by Gasteiger charge is 2.13. The number of nitrogens with one attached hydrogen (secondary N) is 1. The van der Waals surface area contributed by atoms with Gasteiger partial charge in [0.05, 0.1) is 27.0 Å². The first-order chi connectivity index (χ1) is 14.3. The maximum Gasteiger partial charge on any atom is 0.338 e. The quantitative estimate of drug-likeness (QED) is 0.356. The van der Waals surface area contributed by atoms with Crippen molar-refractivity contribution in [3.63, 3.8) is 0 Å². The first-order valence-corrected chi connectivity index (χ1v) is 11.4. The van der Waals surface area contributed by atoms with Crippen molar-refractivity contribution in [3.05, 3.63) is 74.2 Å². The Bertz CT molecular complexity index is 1040. The number of aryl methyl sites for hydroxylation is 3. The zero-order valence-corrected chi connectivity index (χ0v) is 19.2. The number of amides is 1. The van der Waals surface area contributed by atoms with Gasteiger partial charge in [-0.25, -0.2) is 9.78 Å². The zero-order valence-electron chi connectivity index (χ0n) is 16.8. The first kappa shape index (κ1) is 22.3. The third-order valence-corrected chi connectivity index (χ3v) is 6.34. The van der Waals surface area contributed by atoms with Crippen molar-refractivity contribution in [3.8, 4) is 0 Å². The van der Waals surface area contributed by atoms with E-state index < -0.39 is 11.9 Å². The smallest absolute Gasteiger partial charge is 0.338 e. The zero-order chi connectivity index (χ0) is 21.7. The van der Waals surface area contributed by atoms with Crippen LogP contribution in [0.4, 0.5) is 5.69 Å². The summed E-state index contributed by atoms with van der Waals surface area (Å²) in [5.41, 5.74) is 3.81. The lowest BCUT2D eigenvalue weighted by Gasteiger charge is -2.12. The molecule has 1 amide bonds. The molecule has 0 saturated carbocycles. The molecule has 0 spiro atoms. The Morgan fingerprint density at radius 2 is 1.90 bits per heavy atom. The fraction of sp³-hybridized carbons (Fsp3) is 0.227. The van der Waals surface area contributed by atoms with Crippen molar-refractivity contribution in [1.29, 1.82) is 0 Å². The van der Waals surface area contributed by atoms with Crippen LogP contribution in [0.5, 0.6) is 0 Å². The fourth-order valence-corrected chi connectivity index (χ4v) is 4.66. The number of rotatable bonds is 7. The highest BCUT2D eigenvalue weighted by molar-refractivity contribution is 7.98. The summed E-state index contributed by atoms with van der Waals surface area (Å²) in [6, 6.07) is 10.8. The van der Waals surface area contributed by atoms with Crippen LogP contribution in [0.3, 0.4) is 0 Å². The van der Waals surface area contributed by atoms with E-state index in [0.717, 1.165) is 32.5 Å². The van der Waals surface area contributed by atoms with E-state index in [4.69, 9.17) is 16.3 Å². The van der Waals surface area contributed by atoms with E-state index in [1.807, 2.05) is 44.4 Å². The molecule has 0 atom stereocenters. The SMILES string of the molecule is Cc1cc(C)c(NC(=O)COC(=O)c2ccc(SCc3csc(C)n3)cc2)c(Cl)c1. The molecule has 2 aromatic carbocycles. The molecule has 0 aliphatic rings. The highest BCUT2D eigenvalue weighted by atomic mass is 35.5. The number of esters is 1. The maximum atomic E-state index is 12.2. The summed E-state index contributed by atoms with van der Waals surface area (Å²) >= 11 is 9.47. The molecule has 0 radical (unpaired) electrons. The molecule has 8 heteroatoms. The Kier molecular flexibility index (Phi) is 7.53. The first-order valence-electron chi connectivity index (χ1n) is 9.19. The molecule has 1 heterocycles. The second-order valence-electron chi connectivity index (χ2n) is 6.73. The molecule has 0 aliphatic carbocycles. The number of thioether (sulfide) groups is 1. The highest BCUT2D eigenvalue weighted by Crippen LogP contribution is 2.27. The Labute approximate surface area is 188 Å². The molecular formula is C22H21ClN2O3S2. The van der Waals surface area contributed by atoms with Crippen molar-refractivity contribution >= 4 is 52.3 Å². The number of benzene rings is 2. The van der Waals surface area contributed by atoms with E-state index in [2.05, 4.69) is 10.3 Å². The normalized spacial score (nSPS) is 10.7. The van der Waals surface area contributed by atoms with Gasteiger partial charge in [0, 0.05) is 16.0 Å². The Balaban J connectivity index is 1.50. The lowest BCUT2D eigenvalue weighted by atomic mass is 10.1. The lowest BCUT2D eigenvalue weighted by Crippen LogP contribution is -2.21. The van der Waals surface area contributed by atoms with Crippen LogP contribution >= 0.6 is 34.7 Å². The minimum atomic E-state index is -0.552. The third-order valence-electron chi connectivity index (χ3n) is 4.17. The van der Waals surface area contributed by atoms with Crippen molar-refractivity contribution in [2.75, 3.05) is 11.9 Å². The molecule has 0 bridgehead atoms. The van der Waals surface area contributed by atoms with Crippen LogP contribution in [0, 0.1) is 20.8 Å². The topological polar surface area (TPSA) is 68.3 Å². The van der Waals surface area contributed by atoms with Crippen molar-refractivity contribution in [2.45, 2.75) is 31.4 Å². The number of nitrogens with zero attached hydrogens (tertiary/aromatic N) is 1. The number of carbonyl (C=O) groups excluding carboxylic acids is 2. The van der Waals surface area contributed by atoms with Gasteiger partial charge in [0.1, 0.15) is 0 Å². The van der Waals surface area contributed by atoms with Gasteiger partial charge < -0.3 is 10.1 Å². The van der Waals surface area contributed by atoms with Gasteiger partial charge in [0.2, 0.25) is 0 Å². The summed E-state index contributed by atoms with van der Waals surface area (Å²) in [5, 5.41) is 6.25. The molecule has 3 aromatic rings. The average Bonchev–Trinajstić information content (AvgIpc) is 3.13. The molecular weight excluding hydrogens is 440 g/mol. The van der Waals surface area contributed by atoms with E-state index in [9.17, 15) is 9.59 Å². The van der Waals surface area contributed by atoms with Gasteiger partial charge >= 0.3 is 5.97 Å². The van der Waals surface area contributed by atoms with E-state index in [1.165, 1.54) is 0 Å². The van der Waals surface area contributed by atoms with Gasteiger partial charge in [0.15, 0.2) is 6.61 Å². The minimum absolute atomic E-state index is 0.387. The maximum absolute atomic E-state index is 12.2.